The zero-order valence-electron chi connectivity index (χ0n) is 9.37. The standard InChI is InChI=1S/C14H10O3P/c15-18(16,17)14-10-8-13(9-11-14)7-6-12-4-2-1-3-5-12/h1-4,8-11H,(H2,15,16,17). The fourth-order valence-electron chi connectivity index (χ4n) is 1.35. The van der Waals surface area contributed by atoms with Crippen LogP contribution in [0, 0.1) is 17.9 Å². The highest BCUT2D eigenvalue weighted by Gasteiger charge is 2.15. The van der Waals surface area contributed by atoms with Crippen LogP contribution in [0.15, 0.2) is 48.5 Å². The zero-order chi connectivity index (χ0) is 13.0. The van der Waals surface area contributed by atoms with Crippen LogP contribution in [0.4, 0.5) is 0 Å². The van der Waals surface area contributed by atoms with Crippen molar-refractivity contribution in [2.24, 2.45) is 0 Å². The van der Waals surface area contributed by atoms with Crippen LogP contribution in [0.5, 0.6) is 0 Å². The molecule has 0 fully saturated rings. The molecule has 0 spiro atoms. The summed E-state index contributed by atoms with van der Waals surface area (Å²) in [5.74, 6) is 5.82. The Balaban J connectivity index is 2.22. The topological polar surface area (TPSA) is 57.5 Å². The Labute approximate surface area is 105 Å². The van der Waals surface area contributed by atoms with E-state index in [4.69, 9.17) is 9.79 Å². The maximum Gasteiger partial charge on any atom is 0.356 e. The van der Waals surface area contributed by atoms with E-state index in [-0.39, 0.29) is 5.30 Å². The molecule has 0 saturated carbocycles. The Bertz CT molecular complexity index is 630. The minimum Gasteiger partial charge on any atom is -0.321 e. The fourth-order valence-corrected chi connectivity index (χ4v) is 1.89. The van der Waals surface area contributed by atoms with Crippen LogP contribution in [0.3, 0.4) is 0 Å². The van der Waals surface area contributed by atoms with E-state index in [0.29, 0.717) is 5.56 Å². The zero-order valence-corrected chi connectivity index (χ0v) is 10.3. The smallest absolute Gasteiger partial charge is 0.321 e. The van der Waals surface area contributed by atoms with Gasteiger partial charge in [0.05, 0.1) is 5.30 Å². The lowest BCUT2D eigenvalue weighted by Crippen LogP contribution is -2.02. The van der Waals surface area contributed by atoms with E-state index in [1.807, 2.05) is 18.2 Å². The number of hydrogen-bond donors (Lipinski definition) is 2. The van der Waals surface area contributed by atoms with Gasteiger partial charge in [0.2, 0.25) is 0 Å². The molecular formula is C14H10O3P. The van der Waals surface area contributed by atoms with Gasteiger partial charge in [0.15, 0.2) is 0 Å². The molecule has 0 aliphatic heterocycles. The maximum atomic E-state index is 11.0. The summed E-state index contributed by atoms with van der Waals surface area (Å²) in [4.78, 5) is 17.9. The first-order valence-electron chi connectivity index (χ1n) is 5.20. The highest BCUT2D eigenvalue weighted by molar-refractivity contribution is 7.60. The molecule has 18 heavy (non-hydrogen) atoms. The van der Waals surface area contributed by atoms with Crippen molar-refractivity contribution >= 4 is 12.9 Å². The summed E-state index contributed by atoms with van der Waals surface area (Å²) in [6, 6.07) is 16.3. The Morgan fingerprint density at radius 1 is 1.00 bits per heavy atom. The lowest BCUT2D eigenvalue weighted by molar-refractivity contribution is 0.387. The van der Waals surface area contributed by atoms with Gasteiger partial charge in [0.1, 0.15) is 0 Å². The second-order valence-electron chi connectivity index (χ2n) is 3.62. The average Bonchev–Trinajstić information content (AvgIpc) is 2.37. The minimum atomic E-state index is -4.17. The van der Waals surface area contributed by atoms with Crippen LogP contribution in [0.25, 0.3) is 0 Å². The van der Waals surface area contributed by atoms with Crippen LogP contribution < -0.4 is 5.30 Å². The Morgan fingerprint density at radius 3 is 2.28 bits per heavy atom. The molecule has 0 amide bonds. The van der Waals surface area contributed by atoms with Gasteiger partial charge in [-0.05, 0) is 36.4 Å². The monoisotopic (exact) mass is 257 g/mol. The first kappa shape index (κ1) is 12.6. The first-order valence-corrected chi connectivity index (χ1v) is 6.82. The average molecular weight is 257 g/mol. The van der Waals surface area contributed by atoms with E-state index < -0.39 is 7.60 Å². The molecule has 0 bridgehead atoms. The third-order valence-electron chi connectivity index (χ3n) is 2.25. The molecule has 0 aliphatic carbocycles. The van der Waals surface area contributed by atoms with Crippen molar-refractivity contribution in [2.75, 3.05) is 0 Å². The van der Waals surface area contributed by atoms with Crippen LogP contribution in [0.2, 0.25) is 0 Å². The third-order valence-corrected chi connectivity index (χ3v) is 3.23. The second-order valence-corrected chi connectivity index (χ2v) is 5.22. The van der Waals surface area contributed by atoms with Gasteiger partial charge in [0.25, 0.3) is 0 Å². The van der Waals surface area contributed by atoms with Gasteiger partial charge in [-0.2, -0.15) is 0 Å². The summed E-state index contributed by atoms with van der Waals surface area (Å²) < 4.78 is 11.0. The molecule has 2 N–H and O–H groups in total. The van der Waals surface area contributed by atoms with E-state index in [9.17, 15) is 4.57 Å². The predicted octanol–water partition coefficient (Wildman–Crippen LogP) is 1.69. The molecule has 0 heterocycles. The molecule has 2 rings (SSSR count). The van der Waals surface area contributed by atoms with Crippen molar-refractivity contribution in [1.82, 2.24) is 0 Å². The van der Waals surface area contributed by atoms with Crippen molar-refractivity contribution in [3.8, 4) is 11.8 Å². The summed E-state index contributed by atoms with van der Waals surface area (Å²) >= 11 is 0. The Morgan fingerprint density at radius 2 is 1.72 bits per heavy atom. The molecular weight excluding hydrogens is 247 g/mol. The molecule has 0 aromatic heterocycles. The van der Waals surface area contributed by atoms with E-state index in [0.717, 1.165) is 5.56 Å². The molecule has 89 valence electrons. The van der Waals surface area contributed by atoms with Gasteiger partial charge in [-0.3, -0.25) is 4.57 Å². The van der Waals surface area contributed by atoms with Crippen molar-refractivity contribution in [1.29, 1.82) is 0 Å². The summed E-state index contributed by atoms with van der Waals surface area (Å²) in [5, 5.41) is -0.000626. The number of benzene rings is 2. The highest BCUT2D eigenvalue weighted by atomic mass is 31.2. The van der Waals surface area contributed by atoms with Crippen molar-refractivity contribution in [3.63, 3.8) is 0 Å². The van der Waals surface area contributed by atoms with Crippen LogP contribution in [0.1, 0.15) is 11.1 Å². The lowest BCUT2D eigenvalue weighted by Gasteiger charge is -2.02. The van der Waals surface area contributed by atoms with E-state index in [1.165, 1.54) is 12.1 Å². The molecule has 4 heteroatoms. The molecule has 0 saturated heterocycles. The maximum absolute atomic E-state index is 11.0. The second kappa shape index (κ2) is 5.20. The highest BCUT2D eigenvalue weighted by Crippen LogP contribution is 2.32. The fraction of sp³-hybridized carbons (Fsp3) is 0. The molecule has 2 aromatic rings. The van der Waals surface area contributed by atoms with Crippen LogP contribution in [-0.4, -0.2) is 9.79 Å². The molecule has 0 aliphatic rings. The predicted molar refractivity (Wildman–Crippen MR) is 69.4 cm³/mol. The molecule has 0 unspecified atom stereocenters. The van der Waals surface area contributed by atoms with Crippen molar-refractivity contribution in [2.45, 2.75) is 0 Å². The van der Waals surface area contributed by atoms with Crippen molar-refractivity contribution < 1.29 is 14.4 Å². The summed E-state index contributed by atoms with van der Waals surface area (Å²) in [6.07, 6.45) is 0. The van der Waals surface area contributed by atoms with Crippen LogP contribution in [-0.2, 0) is 4.57 Å². The summed E-state index contributed by atoms with van der Waals surface area (Å²) in [7, 11) is -4.17. The number of rotatable bonds is 1. The van der Waals surface area contributed by atoms with E-state index in [2.05, 4.69) is 17.9 Å². The Kier molecular flexibility index (Phi) is 3.64. The lowest BCUT2D eigenvalue weighted by atomic mass is 10.2. The molecule has 0 atom stereocenters. The van der Waals surface area contributed by atoms with Crippen LogP contribution >= 0.6 is 7.60 Å². The number of hydrogen-bond acceptors (Lipinski definition) is 1. The normalized spacial score (nSPS) is 10.6. The minimum absolute atomic E-state index is 0.000626. The van der Waals surface area contributed by atoms with Gasteiger partial charge in [-0.15, -0.1) is 0 Å². The molecule has 1 radical (unpaired) electrons. The quantitative estimate of drug-likeness (QED) is 0.603. The Hall–Kier alpha value is -1.85. The molecule has 3 nitrogen and oxygen atoms in total. The van der Waals surface area contributed by atoms with Crippen molar-refractivity contribution in [3.05, 3.63) is 65.7 Å². The van der Waals surface area contributed by atoms with Gasteiger partial charge >= 0.3 is 7.60 Å². The molecule has 2 aromatic carbocycles. The van der Waals surface area contributed by atoms with Gasteiger partial charge in [-0.1, -0.05) is 30.0 Å². The summed E-state index contributed by atoms with van der Waals surface area (Å²) in [6.45, 7) is 0. The first-order chi connectivity index (χ1) is 8.55. The SMILES string of the molecule is O=P(O)(O)c1ccc(C#Cc2[c]cccc2)cc1. The third kappa shape index (κ3) is 3.32. The summed E-state index contributed by atoms with van der Waals surface area (Å²) in [5.41, 5.74) is 1.47. The van der Waals surface area contributed by atoms with Gasteiger partial charge < -0.3 is 9.79 Å². The largest absolute Gasteiger partial charge is 0.356 e. The van der Waals surface area contributed by atoms with E-state index in [1.54, 1.807) is 18.2 Å². The van der Waals surface area contributed by atoms with E-state index >= 15 is 0 Å². The van der Waals surface area contributed by atoms with Gasteiger partial charge in [-0.25, -0.2) is 0 Å². The van der Waals surface area contributed by atoms with Gasteiger partial charge in [0, 0.05) is 11.1 Å².